The summed E-state index contributed by atoms with van der Waals surface area (Å²) in [6.45, 7) is 1.32. The van der Waals surface area contributed by atoms with Crippen molar-refractivity contribution in [3.63, 3.8) is 0 Å². The lowest BCUT2D eigenvalue weighted by molar-refractivity contribution is 0.297. The Hall–Kier alpha value is -2.10. The lowest BCUT2D eigenvalue weighted by Crippen LogP contribution is -1.97. The molecule has 1 aromatic heterocycles. The molecule has 1 aromatic carbocycles. The van der Waals surface area contributed by atoms with E-state index in [-0.39, 0.29) is 0 Å². The topological polar surface area (TPSA) is 57.6 Å². The summed E-state index contributed by atoms with van der Waals surface area (Å²) in [6, 6.07) is 7.36. The van der Waals surface area contributed by atoms with Crippen LogP contribution in [0.2, 0.25) is 0 Å². The summed E-state index contributed by atoms with van der Waals surface area (Å²) in [6.07, 6.45) is 2.50. The Bertz CT molecular complexity index is 520. The lowest BCUT2D eigenvalue weighted by Gasteiger charge is -2.10. The number of fused-ring (bicyclic) bond motifs is 1. The maximum Gasteiger partial charge on any atom is 0.163 e. The van der Waals surface area contributed by atoms with E-state index < -0.39 is 0 Å². The number of nitrogen functional groups attached to an aromatic ring is 1. The van der Waals surface area contributed by atoms with Crippen molar-refractivity contribution in [1.82, 2.24) is 0 Å². The second-order valence-electron chi connectivity index (χ2n) is 3.91. The number of rotatable bonds is 1. The molecule has 4 nitrogen and oxygen atoms in total. The van der Waals surface area contributed by atoms with Gasteiger partial charge < -0.3 is 19.6 Å². The van der Waals surface area contributed by atoms with Crippen LogP contribution >= 0.6 is 0 Å². The van der Waals surface area contributed by atoms with E-state index in [4.69, 9.17) is 19.6 Å². The van der Waals surface area contributed by atoms with Crippen LogP contribution in [0.3, 0.4) is 0 Å². The van der Waals surface area contributed by atoms with Crippen molar-refractivity contribution in [3.8, 4) is 22.8 Å². The summed E-state index contributed by atoms with van der Waals surface area (Å²) < 4.78 is 16.5. The van der Waals surface area contributed by atoms with Gasteiger partial charge in [-0.25, -0.2) is 0 Å². The van der Waals surface area contributed by atoms with Crippen molar-refractivity contribution < 1.29 is 13.9 Å². The molecule has 0 aliphatic carbocycles. The second-order valence-corrected chi connectivity index (χ2v) is 3.91. The Morgan fingerprint density at radius 2 is 1.82 bits per heavy atom. The number of benzene rings is 1. The van der Waals surface area contributed by atoms with Gasteiger partial charge >= 0.3 is 0 Å². The molecule has 1 aliphatic heterocycles. The van der Waals surface area contributed by atoms with Gasteiger partial charge in [0, 0.05) is 23.7 Å². The molecule has 3 rings (SSSR count). The maximum absolute atomic E-state index is 5.99. The molecule has 0 spiro atoms. The zero-order valence-corrected chi connectivity index (χ0v) is 9.31. The van der Waals surface area contributed by atoms with Gasteiger partial charge in [0.15, 0.2) is 11.5 Å². The Balaban J connectivity index is 2.09. The largest absolute Gasteiger partial charge is 0.490 e. The normalized spacial score (nSPS) is 14.4. The second kappa shape index (κ2) is 4.05. The first-order valence-corrected chi connectivity index (χ1v) is 5.57. The molecule has 0 radical (unpaired) electrons. The minimum Gasteiger partial charge on any atom is -0.490 e. The van der Waals surface area contributed by atoms with Gasteiger partial charge in [-0.15, -0.1) is 0 Å². The standard InChI is InChI=1S/C13H13NO3/c14-10-8-13-12(16-5-2-6-17-13)7-9(10)11-3-1-4-15-11/h1,3-4,7-8H,2,5-6,14H2. The fraction of sp³-hybridized carbons (Fsp3) is 0.231. The Labute approximate surface area is 98.9 Å². The summed E-state index contributed by atoms with van der Waals surface area (Å²) in [7, 11) is 0. The highest BCUT2D eigenvalue weighted by Gasteiger charge is 2.15. The van der Waals surface area contributed by atoms with Crippen molar-refractivity contribution in [2.24, 2.45) is 0 Å². The predicted molar refractivity (Wildman–Crippen MR) is 64.2 cm³/mol. The quantitative estimate of drug-likeness (QED) is 0.766. The molecule has 17 heavy (non-hydrogen) atoms. The van der Waals surface area contributed by atoms with Crippen LogP contribution in [-0.2, 0) is 0 Å². The number of hydrogen-bond acceptors (Lipinski definition) is 4. The molecule has 0 fully saturated rings. The van der Waals surface area contributed by atoms with Crippen LogP contribution in [0, 0.1) is 0 Å². The molecule has 0 bridgehead atoms. The van der Waals surface area contributed by atoms with Gasteiger partial charge in [-0.2, -0.15) is 0 Å². The predicted octanol–water partition coefficient (Wildman–Crippen LogP) is 2.69. The van der Waals surface area contributed by atoms with Gasteiger partial charge in [0.1, 0.15) is 5.76 Å². The van der Waals surface area contributed by atoms with Gasteiger partial charge in [-0.1, -0.05) is 0 Å². The highest BCUT2D eigenvalue weighted by molar-refractivity contribution is 5.76. The summed E-state index contributed by atoms with van der Waals surface area (Å²) in [4.78, 5) is 0. The Morgan fingerprint density at radius 3 is 2.53 bits per heavy atom. The van der Waals surface area contributed by atoms with E-state index in [9.17, 15) is 0 Å². The van der Waals surface area contributed by atoms with Crippen molar-refractivity contribution in [3.05, 3.63) is 30.5 Å². The van der Waals surface area contributed by atoms with Gasteiger partial charge in [0.25, 0.3) is 0 Å². The van der Waals surface area contributed by atoms with E-state index >= 15 is 0 Å². The third-order valence-electron chi connectivity index (χ3n) is 2.71. The van der Waals surface area contributed by atoms with Gasteiger partial charge in [-0.05, 0) is 18.2 Å². The number of furan rings is 1. The first-order chi connectivity index (χ1) is 8.34. The minimum atomic E-state index is 0.629. The zero-order chi connectivity index (χ0) is 11.7. The van der Waals surface area contributed by atoms with Crippen LogP contribution in [0.5, 0.6) is 11.5 Å². The summed E-state index contributed by atoms with van der Waals surface area (Å²) >= 11 is 0. The molecule has 88 valence electrons. The van der Waals surface area contributed by atoms with Crippen molar-refractivity contribution >= 4 is 5.69 Å². The smallest absolute Gasteiger partial charge is 0.163 e. The average molecular weight is 231 g/mol. The summed E-state index contributed by atoms with van der Waals surface area (Å²) in [5.74, 6) is 2.16. The molecule has 2 N–H and O–H groups in total. The SMILES string of the molecule is Nc1cc2c(cc1-c1ccco1)OCCCO2. The van der Waals surface area contributed by atoms with Crippen LogP contribution in [-0.4, -0.2) is 13.2 Å². The van der Waals surface area contributed by atoms with E-state index in [2.05, 4.69) is 0 Å². The molecule has 0 atom stereocenters. The van der Waals surface area contributed by atoms with E-state index in [0.717, 1.165) is 23.5 Å². The van der Waals surface area contributed by atoms with E-state index in [1.807, 2.05) is 18.2 Å². The first kappa shape index (κ1) is 10.1. The number of anilines is 1. The van der Waals surface area contributed by atoms with E-state index in [1.54, 1.807) is 12.3 Å². The van der Waals surface area contributed by atoms with Crippen molar-refractivity contribution in [2.75, 3.05) is 18.9 Å². The number of nitrogens with two attached hydrogens (primary N) is 1. The van der Waals surface area contributed by atoms with Crippen LogP contribution in [0.4, 0.5) is 5.69 Å². The van der Waals surface area contributed by atoms with Gasteiger partial charge in [-0.3, -0.25) is 0 Å². The molecular formula is C13H13NO3. The van der Waals surface area contributed by atoms with Crippen LogP contribution < -0.4 is 15.2 Å². The molecule has 0 amide bonds. The molecule has 2 heterocycles. The molecule has 1 aliphatic rings. The molecular weight excluding hydrogens is 218 g/mol. The first-order valence-electron chi connectivity index (χ1n) is 5.57. The Morgan fingerprint density at radius 1 is 1.06 bits per heavy atom. The number of ether oxygens (including phenoxy) is 2. The Kier molecular flexibility index (Phi) is 2.40. The van der Waals surface area contributed by atoms with Crippen LogP contribution in [0.1, 0.15) is 6.42 Å². The monoisotopic (exact) mass is 231 g/mol. The molecule has 2 aromatic rings. The third kappa shape index (κ3) is 1.82. The van der Waals surface area contributed by atoms with E-state index in [1.165, 1.54) is 0 Å². The van der Waals surface area contributed by atoms with Gasteiger partial charge in [0.2, 0.25) is 0 Å². The highest BCUT2D eigenvalue weighted by Crippen LogP contribution is 2.38. The molecule has 0 unspecified atom stereocenters. The zero-order valence-electron chi connectivity index (χ0n) is 9.31. The molecule has 4 heteroatoms. The lowest BCUT2D eigenvalue weighted by atomic mass is 10.1. The summed E-state index contributed by atoms with van der Waals surface area (Å²) in [5, 5.41) is 0. The van der Waals surface area contributed by atoms with Crippen molar-refractivity contribution in [1.29, 1.82) is 0 Å². The minimum absolute atomic E-state index is 0.629. The molecule has 0 saturated carbocycles. The third-order valence-corrected chi connectivity index (χ3v) is 2.71. The van der Waals surface area contributed by atoms with Crippen LogP contribution in [0.25, 0.3) is 11.3 Å². The fourth-order valence-corrected chi connectivity index (χ4v) is 1.87. The number of hydrogen-bond donors (Lipinski definition) is 1. The molecule has 0 saturated heterocycles. The van der Waals surface area contributed by atoms with E-state index in [0.29, 0.717) is 24.7 Å². The fourth-order valence-electron chi connectivity index (χ4n) is 1.87. The van der Waals surface area contributed by atoms with Crippen LogP contribution in [0.15, 0.2) is 34.9 Å². The van der Waals surface area contributed by atoms with Crippen molar-refractivity contribution in [2.45, 2.75) is 6.42 Å². The van der Waals surface area contributed by atoms with Gasteiger partial charge in [0.05, 0.1) is 19.5 Å². The average Bonchev–Trinajstić information content (AvgIpc) is 2.75. The maximum atomic E-state index is 5.99. The highest BCUT2D eigenvalue weighted by atomic mass is 16.5. The summed E-state index contributed by atoms with van der Waals surface area (Å²) in [5.41, 5.74) is 7.45.